The zero-order valence-electron chi connectivity index (χ0n) is 12.8. The molecule has 0 radical (unpaired) electrons. The van der Waals surface area contributed by atoms with Crippen LogP contribution in [0.4, 0.5) is 0 Å². The molecule has 0 bridgehead atoms. The van der Waals surface area contributed by atoms with E-state index in [0.717, 1.165) is 24.6 Å². The smallest absolute Gasteiger partial charge is 0.161 e. The Balaban J connectivity index is 1.86. The molecule has 20 heavy (non-hydrogen) atoms. The number of rotatable bonds is 7. The van der Waals surface area contributed by atoms with Gasteiger partial charge >= 0.3 is 0 Å². The van der Waals surface area contributed by atoms with E-state index in [9.17, 15) is 0 Å². The lowest BCUT2D eigenvalue weighted by molar-refractivity contribution is 0.299. The van der Waals surface area contributed by atoms with Crippen LogP contribution >= 0.6 is 0 Å². The predicted molar refractivity (Wildman–Crippen MR) is 81.5 cm³/mol. The summed E-state index contributed by atoms with van der Waals surface area (Å²) >= 11 is 0. The number of hydrogen-bond acceptors (Lipinski definition) is 4. The highest BCUT2D eigenvalue weighted by atomic mass is 16.5. The fourth-order valence-electron chi connectivity index (χ4n) is 2.72. The van der Waals surface area contributed by atoms with Crippen LogP contribution in [0, 0.1) is 0 Å². The molecular weight excluding hydrogens is 252 g/mol. The van der Waals surface area contributed by atoms with E-state index < -0.39 is 0 Å². The molecule has 0 spiro atoms. The van der Waals surface area contributed by atoms with Gasteiger partial charge in [0.25, 0.3) is 0 Å². The minimum atomic E-state index is 0.655. The minimum absolute atomic E-state index is 0.655. The van der Waals surface area contributed by atoms with Gasteiger partial charge in [-0.2, -0.15) is 0 Å². The van der Waals surface area contributed by atoms with Gasteiger partial charge in [-0.15, -0.1) is 0 Å². The first-order valence-electron chi connectivity index (χ1n) is 7.45. The normalized spacial score (nSPS) is 19.2. The summed E-state index contributed by atoms with van der Waals surface area (Å²) in [6.07, 6.45) is 2.62. The maximum absolute atomic E-state index is 5.53. The van der Waals surface area contributed by atoms with E-state index >= 15 is 0 Å². The summed E-state index contributed by atoms with van der Waals surface area (Å²) < 4.78 is 10.9. The largest absolute Gasteiger partial charge is 0.493 e. The Labute approximate surface area is 122 Å². The first kappa shape index (κ1) is 15.1. The molecule has 4 heteroatoms. The van der Waals surface area contributed by atoms with Gasteiger partial charge in [-0.25, -0.2) is 0 Å². The fraction of sp³-hybridized carbons (Fsp3) is 0.625. The molecule has 4 nitrogen and oxygen atoms in total. The van der Waals surface area contributed by atoms with Crippen molar-refractivity contribution in [1.29, 1.82) is 0 Å². The zero-order valence-corrected chi connectivity index (χ0v) is 12.8. The zero-order chi connectivity index (χ0) is 14.4. The van der Waals surface area contributed by atoms with E-state index in [1.807, 2.05) is 13.0 Å². The van der Waals surface area contributed by atoms with Gasteiger partial charge in [0.15, 0.2) is 11.5 Å². The third kappa shape index (κ3) is 3.87. The van der Waals surface area contributed by atoms with Crippen LogP contribution in [0.15, 0.2) is 18.2 Å². The quantitative estimate of drug-likeness (QED) is 0.829. The van der Waals surface area contributed by atoms with Gasteiger partial charge in [0.1, 0.15) is 0 Å². The molecule has 1 fully saturated rings. The lowest BCUT2D eigenvalue weighted by atomic mass is 10.2. The van der Waals surface area contributed by atoms with Crippen molar-refractivity contribution in [2.24, 2.45) is 0 Å². The number of likely N-dealkylation sites (tertiary alicyclic amines) is 1. The second kappa shape index (κ2) is 7.50. The van der Waals surface area contributed by atoms with Crippen LogP contribution in [0.25, 0.3) is 0 Å². The summed E-state index contributed by atoms with van der Waals surface area (Å²) in [5.41, 5.74) is 1.23. The molecule has 0 aliphatic carbocycles. The Kier molecular flexibility index (Phi) is 5.68. The molecular formula is C16H26N2O2. The van der Waals surface area contributed by atoms with Gasteiger partial charge in [0, 0.05) is 19.1 Å². The highest BCUT2D eigenvalue weighted by Crippen LogP contribution is 2.28. The van der Waals surface area contributed by atoms with Crippen molar-refractivity contribution in [2.75, 3.05) is 33.9 Å². The maximum Gasteiger partial charge on any atom is 0.161 e. The third-order valence-electron chi connectivity index (χ3n) is 3.91. The van der Waals surface area contributed by atoms with Crippen molar-refractivity contribution >= 4 is 0 Å². The number of methoxy groups -OCH3 is 1. The Morgan fingerprint density at radius 2 is 2.20 bits per heavy atom. The first-order chi connectivity index (χ1) is 9.74. The lowest BCUT2D eigenvalue weighted by Crippen LogP contribution is -2.35. The molecule has 1 aromatic rings. The summed E-state index contributed by atoms with van der Waals surface area (Å²) in [4.78, 5) is 2.44. The Bertz CT molecular complexity index is 423. The number of benzene rings is 1. The average molecular weight is 278 g/mol. The van der Waals surface area contributed by atoms with Crippen LogP contribution in [-0.4, -0.2) is 44.8 Å². The molecule has 1 heterocycles. The second-order valence-corrected chi connectivity index (χ2v) is 5.33. The lowest BCUT2D eigenvalue weighted by Gasteiger charge is -2.20. The van der Waals surface area contributed by atoms with E-state index in [1.165, 1.54) is 24.9 Å². The Morgan fingerprint density at radius 3 is 2.85 bits per heavy atom. The molecule has 0 saturated carbocycles. The van der Waals surface area contributed by atoms with Gasteiger partial charge in [-0.3, -0.25) is 0 Å². The number of hydrogen-bond donors (Lipinski definition) is 1. The van der Waals surface area contributed by atoms with E-state index in [4.69, 9.17) is 9.47 Å². The second-order valence-electron chi connectivity index (χ2n) is 5.33. The number of nitrogens with zero attached hydrogens (tertiary/aromatic N) is 1. The van der Waals surface area contributed by atoms with Crippen LogP contribution in [-0.2, 0) is 6.54 Å². The predicted octanol–water partition coefficient (Wildman–Crippen LogP) is 2.28. The monoisotopic (exact) mass is 278 g/mol. The van der Waals surface area contributed by atoms with Crippen molar-refractivity contribution < 1.29 is 9.47 Å². The molecule has 1 aromatic carbocycles. The van der Waals surface area contributed by atoms with Gasteiger partial charge in [-0.1, -0.05) is 6.07 Å². The summed E-state index contributed by atoms with van der Waals surface area (Å²) in [6.45, 7) is 5.78. The molecule has 1 aliphatic heterocycles. The topological polar surface area (TPSA) is 33.7 Å². The van der Waals surface area contributed by atoms with Gasteiger partial charge in [0.05, 0.1) is 13.7 Å². The van der Waals surface area contributed by atoms with Gasteiger partial charge < -0.3 is 19.7 Å². The van der Waals surface area contributed by atoms with Gasteiger partial charge in [0.2, 0.25) is 0 Å². The highest BCUT2D eigenvalue weighted by molar-refractivity contribution is 5.42. The van der Waals surface area contributed by atoms with E-state index in [2.05, 4.69) is 29.4 Å². The van der Waals surface area contributed by atoms with E-state index in [-0.39, 0.29) is 0 Å². The molecule has 2 rings (SSSR count). The maximum atomic E-state index is 5.53. The van der Waals surface area contributed by atoms with E-state index in [0.29, 0.717) is 12.6 Å². The van der Waals surface area contributed by atoms with Crippen molar-refractivity contribution in [3.05, 3.63) is 23.8 Å². The first-order valence-corrected chi connectivity index (χ1v) is 7.45. The summed E-state index contributed by atoms with van der Waals surface area (Å²) in [5.74, 6) is 1.62. The Hall–Kier alpha value is -1.26. The van der Waals surface area contributed by atoms with Crippen molar-refractivity contribution in [3.63, 3.8) is 0 Å². The van der Waals surface area contributed by atoms with Gasteiger partial charge in [-0.05, 0) is 51.1 Å². The van der Waals surface area contributed by atoms with Crippen molar-refractivity contribution in [3.8, 4) is 11.5 Å². The molecule has 0 aromatic heterocycles. The van der Waals surface area contributed by atoms with E-state index in [1.54, 1.807) is 7.11 Å². The Morgan fingerprint density at radius 1 is 1.35 bits per heavy atom. The van der Waals surface area contributed by atoms with Crippen LogP contribution in [0.3, 0.4) is 0 Å². The number of likely N-dealkylation sites (N-methyl/N-ethyl adjacent to an activating group) is 1. The molecule has 1 aliphatic rings. The summed E-state index contributed by atoms with van der Waals surface area (Å²) in [5, 5.41) is 3.54. The molecule has 0 unspecified atom stereocenters. The highest BCUT2D eigenvalue weighted by Gasteiger charge is 2.19. The molecule has 1 atom stereocenters. The summed E-state index contributed by atoms with van der Waals surface area (Å²) in [7, 11) is 3.89. The number of nitrogens with one attached hydrogen (secondary N) is 1. The van der Waals surface area contributed by atoms with Crippen LogP contribution in [0.1, 0.15) is 25.3 Å². The third-order valence-corrected chi connectivity index (χ3v) is 3.91. The van der Waals surface area contributed by atoms with Crippen molar-refractivity contribution in [2.45, 2.75) is 32.4 Å². The number of ether oxygens (including phenoxy) is 2. The molecule has 1 N–H and O–H groups in total. The van der Waals surface area contributed by atoms with Crippen LogP contribution in [0.2, 0.25) is 0 Å². The average Bonchev–Trinajstić information content (AvgIpc) is 2.86. The minimum Gasteiger partial charge on any atom is -0.493 e. The van der Waals surface area contributed by atoms with Crippen LogP contribution < -0.4 is 14.8 Å². The molecule has 1 saturated heterocycles. The standard InChI is InChI=1S/C16H26N2O2/c1-4-20-15-8-7-13(10-16(15)19-3)11-17-12-14-6-5-9-18(14)2/h7-8,10,14,17H,4-6,9,11-12H2,1-3H3/t14-/m0/s1. The molecule has 112 valence electrons. The summed E-state index contributed by atoms with van der Waals surface area (Å²) in [6, 6.07) is 6.82. The molecule has 0 amide bonds. The van der Waals surface area contributed by atoms with Crippen LogP contribution in [0.5, 0.6) is 11.5 Å². The fourth-order valence-corrected chi connectivity index (χ4v) is 2.72. The van der Waals surface area contributed by atoms with Crippen molar-refractivity contribution in [1.82, 2.24) is 10.2 Å². The SMILES string of the molecule is CCOc1ccc(CNC[C@@H]2CCCN2C)cc1OC.